The smallest absolute Gasteiger partial charge is 0.138 e. The van der Waals surface area contributed by atoms with Gasteiger partial charge in [-0.25, -0.2) is 4.98 Å². The molecular formula is C14H16N4O. The van der Waals surface area contributed by atoms with E-state index in [4.69, 9.17) is 10.3 Å². The van der Waals surface area contributed by atoms with E-state index in [9.17, 15) is 0 Å². The lowest BCUT2D eigenvalue weighted by molar-refractivity contribution is 0.398. The fourth-order valence-electron chi connectivity index (χ4n) is 2.33. The fraction of sp³-hybridized carbons (Fsp3) is 0.286. The molecule has 1 aromatic carbocycles. The molecule has 0 aliphatic heterocycles. The number of fused-ring (bicyclic) bond motifs is 1. The van der Waals surface area contributed by atoms with Gasteiger partial charge in [0.2, 0.25) is 0 Å². The molecule has 5 nitrogen and oxygen atoms in total. The summed E-state index contributed by atoms with van der Waals surface area (Å²) in [5.41, 5.74) is 10.6. The second-order valence-electron chi connectivity index (χ2n) is 4.69. The molecule has 2 N–H and O–H groups in total. The van der Waals surface area contributed by atoms with Crippen molar-refractivity contribution in [3.8, 4) is 11.3 Å². The Balaban J connectivity index is 2.20. The van der Waals surface area contributed by atoms with E-state index in [1.165, 1.54) is 0 Å². The maximum absolute atomic E-state index is 5.75. The number of benzene rings is 1. The van der Waals surface area contributed by atoms with Crippen molar-refractivity contribution in [3.63, 3.8) is 0 Å². The van der Waals surface area contributed by atoms with E-state index in [0.29, 0.717) is 6.54 Å². The quantitative estimate of drug-likeness (QED) is 0.763. The zero-order chi connectivity index (χ0) is 13.6. The van der Waals surface area contributed by atoms with E-state index in [1.807, 2.05) is 33.0 Å². The number of nitrogens with two attached hydrogens (primary N) is 1. The lowest BCUT2D eigenvalue weighted by Crippen LogP contribution is -1.98. The molecule has 2 heterocycles. The molecule has 2 aromatic heterocycles. The summed E-state index contributed by atoms with van der Waals surface area (Å²) in [6, 6.07) is 6.10. The number of aryl methyl sites for hydroxylation is 3. The molecule has 98 valence electrons. The summed E-state index contributed by atoms with van der Waals surface area (Å²) in [5, 5.41) is 4.10. The molecule has 0 spiro atoms. The van der Waals surface area contributed by atoms with E-state index in [1.54, 1.807) is 0 Å². The molecule has 0 aliphatic carbocycles. The monoisotopic (exact) mass is 256 g/mol. The third-order valence-corrected chi connectivity index (χ3v) is 3.57. The molecule has 0 radical (unpaired) electrons. The number of hydrogen-bond donors (Lipinski definition) is 1. The summed E-state index contributed by atoms with van der Waals surface area (Å²) in [6.07, 6.45) is 0. The maximum atomic E-state index is 5.75. The van der Waals surface area contributed by atoms with Crippen LogP contribution in [0.25, 0.3) is 22.3 Å². The summed E-state index contributed by atoms with van der Waals surface area (Å²) < 4.78 is 7.29. The van der Waals surface area contributed by atoms with Gasteiger partial charge in [-0.3, -0.25) is 0 Å². The van der Waals surface area contributed by atoms with Gasteiger partial charge in [-0.1, -0.05) is 11.2 Å². The van der Waals surface area contributed by atoms with Gasteiger partial charge >= 0.3 is 0 Å². The Morgan fingerprint density at radius 1 is 1.32 bits per heavy atom. The topological polar surface area (TPSA) is 69.9 Å². The van der Waals surface area contributed by atoms with Gasteiger partial charge in [0.1, 0.15) is 17.3 Å². The Hall–Kier alpha value is -2.14. The molecule has 0 saturated carbocycles. The summed E-state index contributed by atoms with van der Waals surface area (Å²) in [5.74, 6) is 1.76. The van der Waals surface area contributed by atoms with Crippen molar-refractivity contribution in [2.75, 3.05) is 0 Å². The van der Waals surface area contributed by atoms with Gasteiger partial charge in [0.25, 0.3) is 0 Å². The zero-order valence-electron chi connectivity index (χ0n) is 11.3. The fourth-order valence-corrected chi connectivity index (χ4v) is 2.33. The minimum atomic E-state index is 0.421. The van der Waals surface area contributed by atoms with E-state index in [0.717, 1.165) is 39.4 Å². The van der Waals surface area contributed by atoms with Crippen LogP contribution in [0.4, 0.5) is 0 Å². The standard InChI is InChI=1S/C14H16N4O/c1-8-11(7-15)14(17-19-8)10-4-5-13-12(6-10)16-9(2)18(13)3/h4-6H,7,15H2,1-3H3. The molecule has 19 heavy (non-hydrogen) atoms. The maximum Gasteiger partial charge on any atom is 0.138 e. The minimum Gasteiger partial charge on any atom is -0.361 e. The van der Waals surface area contributed by atoms with Crippen LogP contribution >= 0.6 is 0 Å². The first kappa shape index (κ1) is 11.9. The minimum absolute atomic E-state index is 0.421. The molecule has 0 atom stereocenters. The van der Waals surface area contributed by atoms with Crippen LogP contribution in [0.5, 0.6) is 0 Å². The number of rotatable bonds is 2. The van der Waals surface area contributed by atoms with Crippen molar-refractivity contribution in [2.24, 2.45) is 12.8 Å². The highest BCUT2D eigenvalue weighted by molar-refractivity contribution is 5.82. The summed E-state index contributed by atoms with van der Waals surface area (Å²) >= 11 is 0. The Kier molecular flexibility index (Phi) is 2.64. The zero-order valence-corrected chi connectivity index (χ0v) is 11.3. The summed E-state index contributed by atoms with van der Waals surface area (Å²) in [6.45, 7) is 4.29. The van der Waals surface area contributed by atoms with Gasteiger partial charge in [-0.05, 0) is 26.0 Å². The molecule has 3 rings (SSSR count). The number of hydrogen-bond acceptors (Lipinski definition) is 4. The lowest BCUT2D eigenvalue weighted by atomic mass is 10.1. The van der Waals surface area contributed by atoms with Crippen LogP contribution < -0.4 is 5.73 Å². The molecule has 0 saturated heterocycles. The van der Waals surface area contributed by atoms with E-state index in [2.05, 4.69) is 20.8 Å². The number of aromatic nitrogens is 3. The van der Waals surface area contributed by atoms with Crippen LogP contribution in [-0.2, 0) is 13.6 Å². The average Bonchev–Trinajstić information content (AvgIpc) is 2.90. The van der Waals surface area contributed by atoms with Crippen molar-refractivity contribution in [2.45, 2.75) is 20.4 Å². The first-order valence-corrected chi connectivity index (χ1v) is 6.20. The van der Waals surface area contributed by atoms with Gasteiger partial charge in [0.05, 0.1) is 11.0 Å². The van der Waals surface area contributed by atoms with Gasteiger partial charge in [0.15, 0.2) is 0 Å². The van der Waals surface area contributed by atoms with Crippen LogP contribution in [0.1, 0.15) is 17.1 Å². The predicted molar refractivity (Wildman–Crippen MR) is 73.6 cm³/mol. The molecule has 0 fully saturated rings. The van der Waals surface area contributed by atoms with Crippen LogP contribution in [0.2, 0.25) is 0 Å². The third-order valence-electron chi connectivity index (χ3n) is 3.57. The van der Waals surface area contributed by atoms with Crippen molar-refractivity contribution in [1.82, 2.24) is 14.7 Å². The Morgan fingerprint density at radius 3 is 2.84 bits per heavy atom. The highest BCUT2D eigenvalue weighted by Crippen LogP contribution is 2.27. The average molecular weight is 256 g/mol. The Bertz CT molecular complexity index is 754. The molecule has 3 aromatic rings. The van der Waals surface area contributed by atoms with E-state index >= 15 is 0 Å². The first-order valence-electron chi connectivity index (χ1n) is 6.20. The highest BCUT2D eigenvalue weighted by Gasteiger charge is 2.14. The largest absolute Gasteiger partial charge is 0.361 e. The van der Waals surface area contributed by atoms with Gasteiger partial charge in [-0.2, -0.15) is 0 Å². The molecule has 5 heteroatoms. The highest BCUT2D eigenvalue weighted by atomic mass is 16.5. The van der Waals surface area contributed by atoms with Gasteiger partial charge < -0.3 is 14.8 Å². The summed E-state index contributed by atoms with van der Waals surface area (Å²) in [4.78, 5) is 4.53. The van der Waals surface area contributed by atoms with Crippen molar-refractivity contribution < 1.29 is 4.52 Å². The van der Waals surface area contributed by atoms with Crippen LogP contribution in [0, 0.1) is 13.8 Å². The van der Waals surface area contributed by atoms with E-state index in [-0.39, 0.29) is 0 Å². The molecule has 0 amide bonds. The Labute approximate surface area is 111 Å². The van der Waals surface area contributed by atoms with Crippen LogP contribution in [0.15, 0.2) is 22.7 Å². The first-order chi connectivity index (χ1) is 9.11. The molecular weight excluding hydrogens is 240 g/mol. The predicted octanol–water partition coefficient (Wildman–Crippen LogP) is 2.30. The second-order valence-corrected chi connectivity index (χ2v) is 4.69. The molecule has 0 bridgehead atoms. The van der Waals surface area contributed by atoms with Crippen molar-refractivity contribution >= 4 is 11.0 Å². The van der Waals surface area contributed by atoms with Crippen LogP contribution in [0.3, 0.4) is 0 Å². The van der Waals surface area contributed by atoms with Gasteiger partial charge in [0, 0.05) is 24.7 Å². The number of nitrogens with zero attached hydrogens (tertiary/aromatic N) is 3. The summed E-state index contributed by atoms with van der Waals surface area (Å²) in [7, 11) is 2.01. The third kappa shape index (κ3) is 1.74. The Morgan fingerprint density at radius 2 is 2.11 bits per heavy atom. The van der Waals surface area contributed by atoms with E-state index < -0.39 is 0 Å². The SMILES string of the molecule is Cc1onc(-c2ccc3c(c2)nc(C)n3C)c1CN. The number of imidazole rings is 1. The normalized spacial score (nSPS) is 11.4. The van der Waals surface area contributed by atoms with Gasteiger partial charge in [-0.15, -0.1) is 0 Å². The lowest BCUT2D eigenvalue weighted by Gasteiger charge is -2.01. The van der Waals surface area contributed by atoms with Crippen molar-refractivity contribution in [1.29, 1.82) is 0 Å². The van der Waals surface area contributed by atoms with Crippen LogP contribution in [-0.4, -0.2) is 14.7 Å². The molecule has 0 aliphatic rings. The van der Waals surface area contributed by atoms with Crippen molar-refractivity contribution in [3.05, 3.63) is 35.3 Å². The second kappa shape index (κ2) is 4.20. The molecule has 0 unspecified atom stereocenters.